The molecule has 2 aromatic heterocycles. The number of nitrogens with one attached hydrogen (secondary N) is 2. The Bertz CT molecular complexity index is 989. The Hall–Kier alpha value is -2.87. The molecule has 25 heavy (non-hydrogen) atoms. The van der Waals surface area contributed by atoms with Crippen LogP contribution in [0.15, 0.2) is 29.2 Å². The lowest BCUT2D eigenvalue weighted by molar-refractivity contribution is -0.121. The lowest BCUT2D eigenvalue weighted by Gasteiger charge is -2.11. The van der Waals surface area contributed by atoms with Gasteiger partial charge in [-0.25, -0.2) is 0 Å². The molecule has 8 heteroatoms. The molecule has 0 unspecified atom stereocenters. The molecule has 0 aliphatic rings. The Morgan fingerprint density at radius 2 is 2.08 bits per heavy atom. The minimum absolute atomic E-state index is 0.0483. The van der Waals surface area contributed by atoms with E-state index in [2.05, 4.69) is 15.7 Å². The maximum Gasteiger partial charge on any atom is 0.261 e. The Morgan fingerprint density at radius 3 is 2.80 bits per heavy atom. The normalized spacial score (nSPS) is 11.2. The van der Waals surface area contributed by atoms with Crippen LogP contribution in [0.5, 0.6) is 5.75 Å². The summed E-state index contributed by atoms with van der Waals surface area (Å²) in [5.41, 5.74) is 1.26. The Labute approximate surface area is 144 Å². The molecule has 8 nitrogen and oxygen atoms in total. The van der Waals surface area contributed by atoms with Gasteiger partial charge in [0, 0.05) is 25.5 Å². The van der Waals surface area contributed by atoms with E-state index in [1.807, 2.05) is 19.2 Å². The third kappa shape index (κ3) is 3.08. The lowest BCUT2D eigenvalue weighted by Crippen LogP contribution is -2.33. The summed E-state index contributed by atoms with van der Waals surface area (Å²) in [7, 11) is 5.13. The molecule has 132 valence electrons. The van der Waals surface area contributed by atoms with Gasteiger partial charge >= 0.3 is 0 Å². The summed E-state index contributed by atoms with van der Waals surface area (Å²) in [6, 6.07) is 5.49. The molecule has 0 aliphatic heterocycles. The molecule has 0 saturated heterocycles. The maximum absolute atomic E-state index is 12.6. The Balaban J connectivity index is 2.11. The van der Waals surface area contributed by atoms with Crippen molar-refractivity contribution in [2.45, 2.75) is 6.54 Å². The van der Waals surface area contributed by atoms with Crippen LogP contribution >= 0.6 is 0 Å². The zero-order valence-corrected chi connectivity index (χ0v) is 14.5. The molecule has 0 saturated carbocycles. The van der Waals surface area contributed by atoms with E-state index in [9.17, 15) is 9.59 Å². The molecule has 0 atom stereocenters. The molecule has 0 radical (unpaired) electrons. The largest absolute Gasteiger partial charge is 0.497 e. The molecule has 1 aromatic carbocycles. The molecular formula is C17H21N5O3. The number of fused-ring (bicyclic) bond motifs is 3. The zero-order chi connectivity index (χ0) is 18.0. The number of aromatic nitrogens is 3. The second-order valence-electron chi connectivity index (χ2n) is 5.77. The van der Waals surface area contributed by atoms with Gasteiger partial charge in [0.25, 0.3) is 5.56 Å². The summed E-state index contributed by atoms with van der Waals surface area (Å²) < 4.78 is 8.44. The van der Waals surface area contributed by atoms with Crippen molar-refractivity contribution < 1.29 is 9.53 Å². The SMILES string of the molecule is CNCCNC(=O)Cn1ncc2c(=O)n(C)c3ccc(OC)cc3c21. The predicted molar refractivity (Wildman–Crippen MR) is 96.0 cm³/mol. The number of amides is 1. The number of carbonyl (C=O) groups excluding carboxylic acids is 1. The van der Waals surface area contributed by atoms with E-state index in [1.165, 1.54) is 6.20 Å². The van der Waals surface area contributed by atoms with Crippen LogP contribution in [-0.2, 0) is 18.4 Å². The van der Waals surface area contributed by atoms with Gasteiger partial charge in [0.1, 0.15) is 12.3 Å². The predicted octanol–water partition coefficient (Wildman–Crippen LogP) is 0.232. The number of methoxy groups -OCH3 is 1. The molecule has 2 heterocycles. The number of benzene rings is 1. The van der Waals surface area contributed by atoms with E-state index in [-0.39, 0.29) is 18.0 Å². The fourth-order valence-electron chi connectivity index (χ4n) is 2.88. The van der Waals surface area contributed by atoms with Crippen molar-refractivity contribution in [2.24, 2.45) is 7.05 Å². The van der Waals surface area contributed by atoms with Crippen LogP contribution in [0, 0.1) is 0 Å². The van der Waals surface area contributed by atoms with Crippen LogP contribution in [-0.4, -0.2) is 47.5 Å². The summed E-state index contributed by atoms with van der Waals surface area (Å²) >= 11 is 0. The first-order chi connectivity index (χ1) is 12.1. The average molecular weight is 343 g/mol. The first-order valence-electron chi connectivity index (χ1n) is 8.00. The van der Waals surface area contributed by atoms with Gasteiger partial charge in [0.05, 0.1) is 29.7 Å². The molecule has 0 spiro atoms. The van der Waals surface area contributed by atoms with Gasteiger partial charge in [-0.15, -0.1) is 0 Å². The topological polar surface area (TPSA) is 90.2 Å². The summed E-state index contributed by atoms with van der Waals surface area (Å²) in [5, 5.41) is 11.3. The fourth-order valence-corrected chi connectivity index (χ4v) is 2.88. The van der Waals surface area contributed by atoms with Gasteiger partial charge in [0.15, 0.2) is 0 Å². The molecule has 3 aromatic rings. The minimum Gasteiger partial charge on any atom is -0.497 e. The monoisotopic (exact) mass is 343 g/mol. The first kappa shape index (κ1) is 17.0. The highest BCUT2D eigenvalue weighted by molar-refractivity contribution is 6.04. The molecule has 0 aliphatic carbocycles. The van der Waals surface area contributed by atoms with Crippen molar-refractivity contribution in [3.05, 3.63) is 34.7 Å². The van der Waals surface area contributed by atoms with Gasteiger partial charge in [-0.05, 0) is 25.2 Å². The highest BCUT2D eigenvalue weighted by atomic mass is 16.5. The number of pyridine rings is 1. The van der Waals surface area contributed by atoms with Crippen LogP contribution in [0.3, 0.4) is 0 Å². The van der Waals surface area contributed by atoms with E-state index < -0.39 is 0 Å². The number of aryl methyl sites for hydroxylation is 1. The summed E-state index contributed by atoms with van der Waals surface area (Å²) in [5.74, 6) is 0.524. The van der Waals surface area contributed by atoms with Crippen LogP contribution < -0.4 is 20.9 Å². The van der Waals surface area contributed by atoms with Gasteiger partial charge in [-0.1, -0.05) is 0 Å². The summed E-state index contributed by atoms with van der Waals surface area (Å²) in [6.07, 6.45) is 1.51. The van der Waals surface area contributed by atoms with E-state index in [0.717, 1.165) is 10.9 Å². The molecule has 1 amide bonds. The van der Waals surface area contributed by atoms with Crippen LogP contribution in [0.4, 0.5) is 0 Å². The number of ether oxygens (including phenoxy) is 1. The van der Waals surface area contributed by atoms with Crippen molar-refractivity contribution in [3.8, 4) is 5.75 Å². The van der Waals surface area contributed by atoms with Crippen molar-refractivity contribution in [2.75, 3.05) is 27.2 Å². The second kappa shape index (κ2) is 6.94. The number of hydrogen-bond acceptors (Lipinski definition) is 5. The van der Waals surface area contributed by atoms with Crippen LogP contribution in [0.1, 0.15) is 0 Å². The average Bonchev–Trinajstić information content (AvgIpc) is 3.03. The minimum atomic E-state index is -0.156. The van der Waals surface area contributed by atoms with Crippen LogP contribution in [0.2, 0.25) is 0 Å². The Kier molecular flexibility index (Phi) is 4.71. The number of likely N-dealkylation sites (N-methyl/N-ethyl adjacent to an activating group) is 1. The third-order valence-corrected chi connectivity index (χ3v) is 4.19. The second-order valence-corrected chi connectivity index (χ2v) is 5.77. The highest BCUT2D eigenvalue weighted by Crippen LogP contribution is 2.26. The highest BCUT2D eigenvalue weighted by Gasteiger charge is 2.16. The maximum atomic E-state index is 12.6. The quantitative estimate of drug-likeness (QED) is 0.626. The van der Waals surface area contributed by atoms with E-state index in [1.54, 1.807) is 29.5 Å². The molecule has 2 N–H and O–H groups in total. The Morgan fingerprint density at radius 1 is 1.28 bits per heavy atom. The summed E-state index contributed by atoms with van der Waals surface area (Å²) in [6.45, 7) is 1.27. The summed E-state index contributed by atoms with van der Waals surface area (Å²) in [4.78, 5) is 24.7. The van der Waals surface area contributed by atoms with Crippen LogP contribution in [0.25, 0.3) is 21.8 Å². The van der Waals surface area contributed by atoms with Gasteiger partial charge in [-0.2, -0.15) is 5.10 Å². The van der Waals surface area contributed by atoms with Crippen molar-refractivity contribution in [3.63, 3.8) is 0 Å². The molecular weight excluding hydrogens is 322 g/mol. The van der Waals surface area contributed by atoms with Crippen molar-refractivity contribution in [1.29, 1.82) is 0 Å². The van der Waals surface area contributed by atoms with E-state index >= 15 is 0 Å². The smallest absolute Gasteiger partial charge is 0.261 e. The molecule has 0 bridgehead atoms. The van der Waals surface area contributed by atoms with E-state index in [0.29, 0.717) is 29.7 Å². The first-order valence-corrected chi connectivity index (χ1v) is 8.00. The van der Waals surface area contributed by atoms with Gasteiger partial charge in [0.2, 0.25) is 5.91 Å². The third-order valence-electron chi connectivity index (χ3n) is 4.19. The number of hydrogen-bond donors (Lipinski definition) is 2. The van der Waals surface area contributed by atoms with Gasteiger partial charge < -0.3 is 19.9 Å². The van der Waals surface area contributed by atoms with Gasteiger partial charge in [-0.3, -0.25) is 14.3 Å². The molecule has 0 fully saturated rings. The fraction of sp³-hybridized carbons (Fsp3) is 0.353. The van der Waals surface area contributed by atoms with Crippen molar-refractivity contribution in [1.82, 2.24) is 25.0 Å². The standard InChI is InChI=1S/C17H21N5O3/c1-18-6-7-19-15(23)10-22-16-12-8-11(25-3)4-5-14(12)21(2)17(24)13(16)9-20-22/h4-5,8-9,18H,6-7,10H2,1-3H3,(H,19,23). The number of rotatable bonds is 6. The van der Waals surface area contributed by atoms with Crippen molar-refractivity contribution >= 4 is 27.7 Å². The number of carbonyl (C=O) groups is 1. The van der Waals surface area contributed by atoms with E-state index in [4.69, 9.17) is 4.74 Å². The lowest BCUT2D eigenvalue weighted by atomic mass is 10.1. The number of nitrogens with zero attached hydrogens (tertiary/aromatic N) is 3. The molecule has 3 rings (SSSR count). The zero-order valence-electron chi connectivity index (χ0n) is 14.5.